The van der Waals surface area contributed by atoms with E-state index in [1.807, 2.05) is 31.2 Å². The number of aromatic nitrogens is 1. The molecule has 0 amide bonds. The van der Waals surface area contributed by atoms with Crippen LogP contribution in [0.1, 0.15) is 11.1 Å². The predicted octanol–water partition coefficient (Wildman–Crippen LogP) is 5.35. The van der Waals surface area contributed by atoms with Gasteiger partial charge in [-0.3, -0.25) is 4.99 Å². The average molecular weight is 364 g/mol. The lowest BCUT2D eigenvalue weighted by Gasteiger charge is -1.99. The number of hydrogen-bond acceptors (Lipinski definition) is 2. The van der Waals surface area contributed by atoms with Gasteiger partial charge in [0.15, 0.2) is 5.88 Å². The second kappa shape index (κ2) is 5.54. The number of halogens is 2. The summed E-state index contributed by atoms with van der Waals surface area (Å²) in [4.78, 5) is 7.33. The molecule has 0 saturated carbocycles. The van der Waals surface area contributed by atoms with Gasteiger partial charge in [0.2, 0.25) is 0 Å². The average Bonchev–Trinajstić information content (AvgIpc) is 2.72. The number of benzene rings is 2. The van der Waals surface area contributed by atoms with Crippen LogP contribution in [0.25, 0.3) is 10.9 Å². The zero-order chi connectivity index (χ0) is 15.0. The number of nitrogens with zero attached hydrogens (tertiary/aromatic N) is 1. The summed E-state index contributed by atoms with van der Waals surface area (Å²) in [5.74, 6) is 0.0826. The molecule has 5 heteroatoms. The van der Waals surface area contributed by atoms with Crippen molar-refractivity contribution in [2.45, 2.75) is 6.92 Å². The smallest absolute Gasteiger partial charge is 0.198 e. The standard InChI is InChI=1S/C16H12BrClN2O/c1-9-2-5-14(13(17)6-9)19-8-12-11-4-3-10(18)7-15(11)20-16(12)21/h2-8,20-21H,1H3. The summed E-state index contributed by atoms with van der Waals surface area (Å²) in [6, 6.07) is 11.3. The van der Waals surface area contributed by atoms with Crippen LogP contribution in [0.2, 0.25) is 5.02 Å². The molecular weight excluding hydrogens is 352 g/mol. The lowest BCUT2D eigenvalue weighted by atomic mass is 10.2. The maximum Gasteiger partial charge on any atom is 0.198 e. The highest BCUT2D eigenvalue weighted by atomic mass is 79.9. The highest BCUT2D eigenvalue weighted by Gasteiger charge is 2.09. The summed E-state index contributed by atoms with van der Waals surface area (Å²) >= 11 is 9.44. The molecule has 0 aliphatic rings. The maximum absolute atomic E-state index is 10.0. The molecule has 21 heavy (non-hydrogen) atoms. The lowest BCUT2D eigenvalue weighted by Crippen LogP contribution is -1.80. The number of H-pyrrole nitrogens is 1. The summed E-state index contributed by atoms with van der Waals surface area (Å²) in [6.07, 6.45) is 1.65. The van der Waals surface area contributed by atoms with Crippen molar-refractivity contribution in [2.24, 2.45) is 4.99 Å². The van der Waals surface area contributed by atoms with Gasteiger partial charge in [-0.05, 0) is 52.7 Å². The van der Waals surface area contributed by atoms with Crippen molar-refractivity contribution in [3.8, 4) is 5.88 Å². The molecular formula is C16H12BrClN2O. The molecule has 0 spiro atoms. The molecule has 0 unspecified atom stereocenters. The Morgan fingerprint density at radius 3 is 2.81 bits per heavy atom. The van der Waals surface area contributed by atoms with E-state index in [0.717, 1.165) is 26.6 Å². The lowest BCUT2D eigenvalue weighted by molar-refractivity contribution is 0.457. The van der Waals surface area contributed by atoms with Gasteiger partial charge in [-0.25, -0.2) is 0 Å². The van der Waals surface area contributed by atoms with E-state index >= 15 is 0 Å². The second-order valence-corrected chi connectivity index (χ2v) is 6.08. The second-order valence-electron chi connectivity index (χ2n) is 4.79. The van der Waals surface area contributed by atoms with Gasteiger partial charge in [-0.2, -0.15) is 0 Å². The highest BCUT2D eigenvalue weighted by Crippen LogP contribution is 2.30. The van der Waals surface area contributed by atoms with Crippen LogP contribution in [0.15, 0.2) is 45.9 Å². The summed E-state index contributed by atoms with van der Waals surface area (Å²) in [5.41, 5.74) is 3.40. The number of nitrogens with one attached hydrogen (secondary N) is 1. The van der Waals surface area contributed by atoms with Gasteiger partial charge in [-0.15, -0.1) is 0 Å². The third-order valence-electron chi connectivity index (χ3n) is 3.22. The minimum atomic E-state index is 0.0826. The third kappa shape index (κ3) is 2.82. The SMILES string of the molecule is Cc1ccc(N=Cc2c(O)[nH]c3cc(Cl)ccc23)c(Br)c1. The van der Waals surface area contributed by atoms with E-state index in [1.54, 1.807) is 18.3 Å². The van der Waals surface area contributed by atoms with Crippen molar-refractivity contribution in [3.63, 3.8) is 0 Å². The van der Waals surface area contributed by atoms with Crippen molar-refractivity contribution < 1.29 is 5.11 Å². The Labute approximate surface area is 135 Å². The Bertz CT molecular complexity index is 855. The normalized spacial score (nSPS) is 11.6. The third-order valence-corrected chi connectivity index (χ3v) is 4.09. The summed E-state index contributed by atoms with van der Waals surface area (Å²) in [7, 11) is 0. The van der Waals surface area contributed by atoms with Gasteiger partial charge in [-0.1, -0.05) is 23.7 Å². The van der Waals surface area contributed by atoms with Gasteiger partial charge >= 0.3 is 0 Å². The molecule has 0 fully saturated rings. The number of aromatic hydroxyl groups is 1. The zero-order valence-electron chi connectivity index (χ0n) is 11.2. The fourth-order valence-electron chi connectivity index (χ4n) is 2.16. The van der Waals surface area contributed by atoms with Crippen LogP contribution >= 0.6 is 27.5 Å². The van der Waals surface area contributed by atoms with Crippen molar-refractivity contribution in [1.82, 2.24) is 4.98 Å². The van der Waals surface area contributed by atoms with Crippen LogP contribution in [0.4, 0.5) is 5.69 Å². The maximum atomic E-state index is 10.0. The number of hydrogen-bond donors (Lipinski definition) is 2. The molecule has 0 radical (unpaired) electrons. The number of aliphatic imine (C=N–C) groups is 1. The minimum Gasteiger partial charge on any atom is -0.494 e. The molecule has 3 rings (SSSR count). The molecule has 2 N–H and O–H groups in total. The fraction of sp³-hybridized carbons (Fsp3) is 0.0625. The number of rotatable bonds is 2. The molecule has 3 nitrogen and oxygen atoms in total. The quantitative estimate of drug-likeness (QED) is 0.592. The predicted molar refractivity (Wildman–Crippen MR) is 91.1 cm³/mol. The summed E-state index contributed by atoms with van der Waals surface area (Å²) in [5, 5.41) is 11.5. The van der Waals surface area contributed by atoms with Gasteiger partial charge < -0.3 is 10.1 Å². The first-order valence-electron chi connectivity index (χ1n) is 6.35. The Kier molecular flexibility index (Phi) is 3.74. The van der Waals surface area contributed by atoms with Crippen molar-refractivity contribution in [3.05, 3.63) is 57.0 Å². The number of aryl methyl sites for hydroxylation is 1. The van der Waals surface area contributed by atoms with Crippen molar-refractivity contribution in [2.75, 3.05) is 0 Å². The van der Waals surface area contributed by atoms with Gasteiger partial charge in [0.05, 0.1) is 16.8 Å². The van der Waals surface area contributed by atoms with E-state index in [0.29, 0.717) is 10.6 Å². The van der Waals surface area contributed by atoms with E-state index < -0.39 is 0 Å². The molecule has 0 bridgehead atoms. The van der Waals surface area contributed by atoms with Crippen LogP contribution in [-0.4, -0.2) is 16.3 Å². The van der Waals surface area contributed by atoms with Crippen molar-refractivity contribution >= 4 is 50.3 Å². The summed E-state index contributed by atoms with van der Waals surface area (Å²) < 4.78 is 0.918. The van der Waals surface area contributed by atoms with Crippen molar-refractivity contribution in [1.29, 1.82) is 0 Å². The molecule has 0 aliphatic heterocycles. The Morgan fingerprint density at radius 1 is 1.24 bits per heavy atom. The number of aromatic amines is 1. The van der Waals surface area contributed by atoms with Gasteiger partial charge in [0, 0.05) is 21.1 Å². The van der Waals surface area contributed by atoms with Crippen LogP contribution in [0.5, 0.6) is 5.88 Å². The molecule has 1 heterocycles. The van der Waals surface area contributed by atoms with Crippen LogP contribution in [0, 0.1) is 6.92 Å². The van der Waals surface area contributed by atoms with Gasteiger partial charge in [0.1, 0.15) is 0 Å². The molecule has 106 valence electrons. The van der Waals surface area contributed by atoms with E-state index in [1.165, 1.54) is 0 Å². The van der Waals surface area contributed by atoms with E-state index in [-0.39, 0.29) is 5.88 Å². The van der Waals surface area contributed by atoms with E-state index in [2.05, 4.69) is 25.9 Å². The first-order valence-corrected chi connectivity index (χ1v) is 7.52. The number of fused-ring (bicyclic) bond motifs is 1. The Balaban J connectivity index is 2.05. The van der Waals surface area contributed by atoms with E-state index in [4.69, 9.17) is 11.6 Å². The molecule has 2 aromatic carbocycles. The molecule has 3 aromatic rings. The minimum absolute atomic E-state index is 0.0826. The van der Waals surface area contributed by atoms with Crippen LogP contribution in [-0.2, 0) is 0 Å². The fourth-order valence-corrected chi connectivity index (χ4v) is 2.93. The Morgan fingerprint density at radius 2 is 2.05 bits per heavy atom. The molecule has 0 aliphatic carbocycles. The van der Waals surface area contributed by atoms with E-state index in [9.17, 15) is 5.11 Å². The molecule has 0 saturated heterocycles. The van der Waals surface area contributed by atoms with Gasteiger partial charge in [0.25, 0.3) is 0 Å². The topological polar surface area (TPSA) is 48.4 Å². The zero-order valence-corrected chi connectivity index (χ0v) is 13.5. The van der Waals surface area contributed by atoms with Crippen LogP contribution < -0.4 is 0 Å². The van der Waals surface area contributed by atoms with Crippen LogP contribution in [0.3, 0.4) is 0 Å². The monoisotopic (exact) mass is 362 g/mol. The first-order chi connectivity index (χ1) is 10.0. The largest absolute Gasteiger partial charge is 0.494 e. The molecule has 0 atom stereocenters. The highest BCUT2D eigenvalue weighted by molar-refractivity contribution is 9.10. The first kappa shape index (κ1) is 14.2. The summed E-state index contributed by atoms with van der Waals surface area (Å²) in [6.45, 7) is 2.02. The Hall–Kier alpha value is -1.78. The molecule has 1 aromatic heterocycles.